The number of hydrogen-bond acceptors (Lipinski definition) is 2. The third-order valence-electron chi connectivity index (χ3n) is 5.10. The molecule has 0 fully saturated rings. The minimum atomic E-state index is -0.326. The first-order valence-electron chi connectivity index (χ1n) is 9.58. The van der Waals surface area contributed by atoms with Crippen molar-refractivity contribution < 1.29 is 4.79 Å². The molecule has 4 nitrogen and oxygen atoms in total. The molecule has 0 saturated carbocycles. The predicted octanol–water partition coefficient (Wildman–Crippen LogP) is 5.09. The van der Waals surface area contributed by atoms with Gasteiger partial charge in [-0.15, -0.1) is 0 Å². The fourth-order valence-corrected chi connectivity index (χ4v) is 3.99. The average Bonchev–Trinajstić information content (AvgIpc) is 2.65. The summed E-state index contributed by atoms with van der Waals surface area (Å²) in [4.78, 5) is 26.1. The monoisotopic (exact) mass is 432 g/mol. The molecule has 0 aliphatic rings. The Morgan fingerprint density at radius 1 is 1.11 bits per heavy atom. The van der Waals surface area contributed by atoms with E-state index in [4.69, 9.17) is 0 Å². The van der Waals surface area contributed by atoms with Crippen LogP contribution in [0.15, 0.2) is 21.4 Å². The van der Waals surface area contributed by atoms with Gasteiger partial charge in [-0.1, -0.05) is 44.9 Å². The molecule has 2 rings (SSSR count). The lowest BCUT2D eigenvalue weighted by molar-refractivity contribution is 0.102. The van der Waals surface area contributed by atoms with Crippen molar-refractivity contribution in [3.05, 3.63) is 60.5 Å². The van der Waals surface area contributed by atoms with E-state index in [0.29, 0.717) is 10.9 Å². The van der Waals surface area contributed by atoms with Gasteiger partial charge in [0, 0.05) is 24.1 Å². The number of aryl methyl sites for hydroxylation is 3. The number of nitrogens with zero attached hydrogens (tertiary/aromatic N) is 1. The largest absolute Gasteiger partial charge is 0.350 e. The summed E-state index contributed by atoms with van der Waals surface area (Å²) >= 11 is 3.37. The van der Waals surface area contributed by atoms with Crippen molar-refractivity contribution in [2.75, 3.05) is 5.32 Å². The smallest absolute Gasteiger partial charge is 0.261 e. The topological polar surface area (TPSA) is 51.1 Å². The maximum atomic E-state index is 13.2. The van der Waals surface area contributed by atoms with E-state index in [2.05, 4.69) is 54.2 Å². The Kier molecular flexibility index (Phi) is 7.04. The van der Waals surface area contributed by atoms with Gasteiger partial charge in [-0.05, 0) is 60.2 Å². The van der Waals surface area contributed by atoms with Crippen LogP contribution < -0.4 is 10.7 Å². The summed E-state index contributed by atoms with van der Waals surface area (Å²) < 4.78 is 2.39. The molecule has 1 aromatic heterocycles. The molecule has 1 aromatic carbocycles. The highest BCUT2D eigenvalue weighted by Gasteiger charge is 2.23. The van der Waals surface area contributed by atoms with Crippen LogP contribution in [0.1, 0.15) is 65.6 Å². The van der Waals surface area contributed by atoms with Crippen LogP contribution in [-0.2, 0) is 26.3 Å². The molecule has 1 N–H and O–H groups in total. The molecule has 27 heavy (non-hydrogen) atoms. The Morgan fingerprint density at radius 2 is 1.67 bits per heavy atom. The van der Waals surface area contributed by atoms with E-state index in [0.717, 1.165) is 47.5 Å². The lowest BCUT2D eigenvalue weighted by Gasteiger charge is -2.20. The van der Waals surface area contributed by atoms with Crippen molar-refractivity contribution in [3.63, 3.8) is 0 Å². The van der Waals surface area contributed by atoms with Crippen molar-refractivity contribution in [1.29, 1.82) is 0 Å². The molecular formula is C22H29BrN2O2. The number of aromatic nitrogens is 1. The van der Waals surface area contributed by atoms with Gasteiger partial charge in [0.25, 0.3) is 5.91 Å². The maximum Gasteiger partial charge on any atom is 0.261 e. The van der Waals surface area contributed by atoms with E-state index >= 15 is 0 Å². The molecule has 1 amide bonds. The number of rotatable bonds is 6. The van der Waals surface area contributed by atoms with Gasteiger partial charge >= 0.3 is 0 Å². The van der Waals surface area contributed by atoms with E-state index in [1.165, 1.54) is 5.56 Å². The van der Waals surface area contributed by atoms with Gasteiger partial charge in [-0.25, -0.2) is 0 Å². The fraction of sp³-hybridized carbons (Fsp3) is 0.455. The zero-order valence-corrected chi connectivity index (χ0v) is 18.7. The number of amides is 1. The summed E-state index contributed by atoms with van der Waals surface area (Å²) in [5, 5.41) is 3.06. The molecule has 2 aromatic rings. The summed E-state index contributed by atoms with van der Waals surface area (Å²) in [6, 6.07) is 4.20. The summed E-state index contributed by atoms with van der Waals surface area (Å²) in [5.74, 6) is -0.326. The standard InChI is InChI=1S/C22H29BrN2O2/c1-7-10-17-18(21(26)19(23)14(5)25(17)6)22(27)24-20-15(8-2)11-13(4)12-16(20)9-3/h11-12H,7-10H2,1-6H3,(H,24,27). The Labute approximate surface area is 170 Å². The van der Waals surface area contributed by atoms with Crippen LogP contribution >= 0.6 is 15.9 Å². The predicted molar refractivity (Wildman–Crippen MR) is 116 cm³/mol. The Hall–Kier alpha value is -1.88. The SMILES string of the molecule is CCCc1c(C(=O)Nc2c(CC)cc(C)cc2CC)c(=O)c(Br)c(C)n1C. The van der Waals surface area contributed by atoms with Crippen molar-refractivity contribution >= 4 is 27.5 Å². The summed E-state index contributed by atoms with van der Waals surface area (Å²) in [7, 11) is 1.90. The highest BCUT2D eigenvalue weighted by atomic mass is 79.9. The Morgan fingerprint density at radius 3 is 2.15 bits per heavy atom. The fourth-order valence-electron chi connectivity index (χ4n) is 3.52. The zero-order chi connectivity index (χ0) is 20.3. The van der Waals surface area contributed by atoms with Crippen molar-refractivity contribution in [1.82, 2.24) is 4.57 Å². The molecule has 0 aliphatic heterocycles. The van der Waals surface area contributed by atoms with E-state index in [1.807, 2.05) is 25.5 Å². The Bertz CT molecular complexity index is 904. The Balaban J connectivity index is 2.63. The summed E-state index contributed by atoms with van der Waals surface area (Å²) in [6.07, 6.45) is 3.18. The first-order valence-corrected chi connectivity index (χ1v) is 10.4. The first-order chi connectivity index (χ1) is 12.8. The van der Waals surface area contributed by atoms with Crippen LogP contribution in [0, 0.1) is 13.8 Å². The first kappa shape index (κ1) is 21.4. The second-order valence-corrected chi connectivity index (χ2v) is 7.77. The quantitative estimate of drug-likeness (QED) is 0.690. The lowest BCUT2D eigenvalue weighted by atomic mass is 9.99. The van der Waals surface area contributed by atoms with E-state index in [-0.39, 0.29) is 16.9 Å². The molecule has 146 valence electrons. The third kappa shape index (κ3) is 4.18. The normalized spacial score (nSPS) is 10.9. The molecular weight excluding hydrogens is 404 g/mol. The number of carbonyl (C=O) groups is 1. The van der Waals surface area contributed by atoms with E-state index in [1.54, 1.807) is 0 Å². The molecule has 1 heterocycles. The average molecular weight is 433 g/mol. The molecule has 0 atom stereocenters. The number of hydrogen-bond donors (Lipinski definition) is 1. The molecule has 0 saturated heterocycles. The van der Waals surface area contributed by atoms with Gasteiger partial charge in [-0.2, -0.15) is 0 Å². The van der Waals surface area contributed by atoms with Crippen LogP contribution in [0.3, 0.4) is 0 Å². The number of anilines is 1. The van der Waals surface area contributed by atoms with Crippen LogP contribution in [-0.4, -0.2) is 10.5 Å². The van der Waals surface area contributed by atoms with Gasteiger partial charge < -0.3 is 9.88 Å². The molecule has 5 heteroatoms. The second-order valence-electron chi connectivity index (χ2n) is 6.98. The van der Waals surface area contributed by atoms with E-state index in [9.17, 15) is 9.59 Å². The van der Waals surface area contributed by atoms with Gasteiger partial charge in [0.1, 0.15) is 5.56 Å². The zero-order valence-electron chi connectivity index (χ0n) is 17.1. The molecule has 0 radical (unpaired) electrons. The number of nitrogens with one attached hydrogen (secondary N) is 1. The number of pyridine rings is 1. The number of benzene rings is 1. The van der Waals surface area contributed by atoms with Crippen LogP contribution in [0.4, 0.5) is 5.69 Å². The van der Waals surface area contributed by atoms with Crippen LogP contribution in [0.5, 0.6) is 0 Å². The molecule has 0 spiro atoms. The van der Waals surface area contributed by atoms with Gasteiger partial charge in [0.05, 0.1) is 4.47 Å². The van der Waals surface area contributed by atoms with Gasteiger partial charge in [0.2, 0.25) is 5.43 Å². The van der Waals surface area contributed by atoms with Gasteiger partial charge in [-0.3, -0.25) is 9.59 Å². The van der Waals surface area contributed by atoms with Crippen molar-refractivity contribution in [2.45, 2.75) is 60.3 Å². The maximum absolute atomic E-state index is 13.2. The molecule has 0 aliphatic carbocycles. The summed E-state index contributed by atoms with van der Waals surface area (Å²) in [6.45, 7) is 10.2. The van der Waals surface area contributed by atoms with Gasteiger partial charge in [0.15, 0.2) is 0 Å². The van der Waals surface area contributed by atoms with Crippen LogP contribution in [0.2, 0.25) is 0 Å². The minimum Gasteiger partial charge on any atom is -0.350 e. The summed E-state index contributed by atoms with van der Waals surface area (Å²) in [5.41, 5.74) is 5.83. The number of halogens is 1. The highest BCUT2D eigenvalue weighted by Crippen LogP contribution is 2.26. The van der Waals surface area contributed by atoms with Crippen LogP contribution in [0.25, 0.3) is 0 Å². The minimum absolute atomic E-state index is 0.238. The molecule has 0 unspecified atom stereocenters. The number of carbonyl (C=O) groups excluding carboxylic acids is 1. The highest BCUT2D eigenvalue weighted by molar-refractivity contribution is 9.10. The van der Waals surface area contributed by atoms with Crippen molar-refractivity contribution in [2.24, 2.45) is 7.05 Å². The third-order valence-corrected chi connectivity index (χ3v) is 6.03. The second kappa shape index (κ2) is 8.87. The molecule has 0 bridgehead atoms. The van der Waals surface area contributed by atoms with E-state index < -0.39 is 0 Å². The lowest BCUT2D eigenvalue weighted by Crippen LogP contribution is -2.29. The van der Waals surface area contributed by atoms with Crippen molar-refractivity contribution in [3.8, 4) is 0 Å².